The van der Waals surface area contributed by atoms with Crippen LogP contribution in [0.5, 0.6) is 5.75 Å². The molecule has 1 aliphatic rings. The molecule has 0 radical (unpaired) electrons. The molecule has 1 N–H and O–H groups in total. The van der Waals surface area contributed by atoms with Crippen molar-refractivity contribution in [3.63, 3.8) is 0 Å². The topological polar surface area (TPSA) is 72.3 Å². The molecule has 24 heavy (non-hydrogen) atoms. The average molecular weight is 350 g/mol. The van der Waals surface area contributed by atoms with Gasteiger partial charge >= 0.3 is 0 Å². The zero-order valence-electron chi connectivity index (χ0n) is 13.6. The van der Waals surface area contributed by atoms with Crippen LogP contribution in [0.1, 0.15) is 19.4 Å². The summed E-state index contributed by atoms with van der Waals surface area (Å²) in [7, 11) is 1.64. The first-order valence-corrected chi connectivity index (χ1v) is 8.19. The number of hydrogen-bond acceptors (Lipinski definition) is 5. The smallest absolute Gasteiger partial charge is 0.244 e. The maximum Gasteiger partial charge on any atom is 0.244 e. The average Bonchev–Trinajstić information content (AvgIpc) is 3.26. The number of ether oxygens (including phenoxy) is 1. The van der Waals surface area contributed by atoms with Gasteiger partial charge in [-0.1, -0.05) is 11.6 Å². The Kier molecular flexibility index (Phi) is 4.89. The highest BCUT2D eigenvalue weighted by atomic mass is 35.5. The van der Waals surface area contributed by atoms with E-state index in [0.29, 0.717) is 11.6 Å². The molecule has 1 amide bonds. The minimum absolute atomic E-state index is 0.0644. The van der Waals surface area contributed by atoms with Crippen molar-refractivity contribution in [2.24, 2.45) is 0 Å². The second kappa shape index (κ2) is 7.09. The molecule has 0 bridgehead atoms. The maximum absolute atomic E-state index is 12.4. The molecule has 0 spiro atoms. The molecule has 1 fully saturated rings. The molecule has 3 rings (SSSR count). The van der Waals surface area contributed by atoms with Crippen LogP contribution >= 0.6 is 11.6 Å². The minimum Gasteiger partial charge on any atom is -0.495 e. The SMILES string of the molecule is COc1ccc(Cl)cc1N1CC[C@H](NC(=O)[C@H](C)n2cncn2)C1. The van der Waals surface area contributed by atoms with Crippen LogP contribution in [0, 0.1) is 0 Å². The normalized spacial score (nSPS) is 18.5. The Bertz CT molecular complexity index is 706. The molecule has 0 aliphatic carbocycles. The summed E-state index contributed by atoms with van der Waals surface area (Å²) in [6.07, 6.45) is 3.83. The van der Waals surface area contributed by atoms with Crippen LogP contribution in [0.25, 0.3) is 0 Å². The molecule has 2 aromatic rings. The molecule has 0 saturated carbocycles. The van der Waals surface area contributed by atoms with E-state index in [1.165, 1.54) is 6.33 Å². The third-order valence-corrected chi connectivity index (χ3v) is 4.46. The molecule has 2 atom stereocenters. The second-order valence-electron chi connectivity index (χ2n) is 5.81. The van der Waals surface area contributed by atoms with Gasteiger partial charge in [0.1, 0.15) is 24.4 Å². The first-order valence-electron chi connectivity index (χ1n) is 7.81. The van der Waals surface area contributed by atoms with Crippen molar-refractivity contribution in [2.75, 3.05) is 25.1 Å². The van der Waals surface area contributed by atoms with E-state index >= 15 is 0 Å². The third kappa shape index (κ3) is 3.46. The van der Waals surface area contributed by atoms with Gasteiger partial charge in [0.2, 0.25) is 5.91 Å². The quantitative estimate of drug-likeness (QED) is 0.892. The highest BCUT2D eigenvalue weighted by Gasteiger charge is 2.27. The number of benzene rings is 1. The van der Waals surface area contributed by atoms with Crippen molar-refractivity contribution in [3.8, 4) is 5.75 Å². The standard InChI is InChI=1S/C16H20ClN5O2/c1-11(22-10-18-9-19-22)16(23)20-13-5-6-21(8-13)14-7-12(17)3-4-15(14)24-2/h3-4,7,9-11,13H,5-6,8H2,1-2H3,(H,20,23)/t11-,13-/m0/s1. The Morgan fingerprint density at radius 1 is 1.50 bits per heavy atom. The zero-order valence-corrected chi connectivity index (χ0v) is 14.4. The van der Waals surface area contributed by atoms with E-state index in [-0.39, 0.29) is 18.0 Å². The predicted octanol–water partition coefficient (Wildman–Crippen LogP) is 1.90. The Hall–Kier alpha value is -2.28. The Morgan fingerprint density at radius 2 is 2.33 bits per heavy atom. The first-order chi connectivity index (χ1) is 11.6. The minimum atomic E-state index is -0.387. The molecule has 0 unspecified atom stereocenters. The molecule has 2 heterocycles. The Balaban J connectivity index is 1.63. The number of anilines is 1. The largest absolute Gasteiger partial charge is 0.495 e. The van der Waals surface area contributed by atoms with Crippen LogP contribution in [0.15, 0.2) is 30.9 Å². The van der Waals surface area contributed by atoms with Crippen LogP contribution in [0.2, 0.25) is 5.02 Å². The Morgan fingerprint density at radius 3 is 3.04 bits per heavy atom. The van der Waals surface area contributed by atoms with E-state index in [2.05, 4.69) is 20.3 Å². The predicted molar refractivity (Wildman–Crippen MR) is 91.5 cm³/mol. The van der Waals surface area contributed by atoms with Crippen molar-refractivity contribution < 1.29 is 9.53 Å². The van der Waals surface area contributed by atoms with Crippen molar-refractivity contribution in [1.82, 2.24) is 20.1 Å². The summed E-state index contributed by atoms with van der Waals surface area (Å²) in [6, 6.07) is 5.24. The zero-order chi connectivity index (χ0) is 17.1. The summed E-state index contributed by atoms with van der Waals surface area (Å²) < 4.78 is 6.95. The molecule has 1 aromatic heterocycles. The van der Waals surface area contributed by atoms with E-state index < -0.39 is 0 Å². The summed E-state index contributed by atoms with van der Waals surface area (Å²) in [4.78, 5) is 18.4. The van der Waals surface area contributed by atoms with Crippen molar-refractivity contribution in [2.45, 2.75) is 25.4 Å². The number of nitrogens with one attached hydrogen (secondary N) is 1. The van der Waals surface area contributed by atoms with Gasteiger partial charge in [0.25, 0.3) is 0 Å². The van der Waals surface area contributed by atoms with E-state index in [4.69, 9.17) is 16.3 Å². The van der Waals surface area contributed by atoms with E-state index in [0.717, 1.165) is 24.4 Å². The fourth-order valence-electron chi connectivity index (χ4n) is 2.87. The highest BCUT2D eigenvalue weighted by Crippen LogP contribution is 2.33. The van der Waals surface area contributed by atoms with Gasteiger partial charge in [-0.3, -0.25) is 4.79 Å². The summed E-state index contributed by atoms with van der Waals surface area (Å²) in [5.41, 5.74) is 0.950. The third-order valence-electron chi connectivity index (χ3n) is 4.23. The van der Waals surface area contributed by atoms with E-state index in [1.54, 1.807) is 31.1 Å². The van der Waals surface area contributed by atoms with Crippen molar-refractivity contribution >= 4 is 23.2 Å². The summed E-state index contributed by atoms with van der Waals surface area (Å²) in [6.45, 7) is 3.35. The number of nitrogens with zero attached hydrogens (tertiary/aromatic N) is 4. The summed E-state index contributed by atoms with van der Waals surface area (Å²) in [5.74, 6) is 0.716. The number of carbonyl (C=O) groups excluding carboxylic acids is 1. The maximum atomic E-state index is 12.4. The second-order valence-corrected chi connectivity index (χ2v) is 6.24. The number of carbonyl (C=O) groups is 1. The lowest BCUT2D eigenvalue weighted by Gasteiger charge is -2.22. The van der Waals surface area contributed by atoms with Gasteiger partial charge in [-0.15, -0.1) is 0 Å². The number of amides is 1. The van der Waals surface area contributed by atoms with Crippen LogP contribution in [-0.4, -0.2) is 46.9 Å². The van der Waals surface area contributed by atoms with Crippen LogP contribution in [0.3, 0.4) is 0 Å². The number of rotatable bonds is 5. The molecular formula is C16H20ClN5O2. The van der Waals surface area contributed by atoms with Crippen molar-refractivity contribution in [3.05, 3.63) is 35.9 Å². The van der Waals surface area contributed by atoms with Crippen LogP contribution in [-0.2, 0) is 4.79 Å². The first kappa shape index (κ1) is 16.6. The van der Waals surface area contributed by atoms with Crippen molar-refractivity contribution in [1.29, 1.82) is 0 Å². The summed E-state index contributed by atoms with van der Waals surface area (Å²) in [5, 5.41) is 7.75. The molecule has 128 valence electrons. The fraction of sp³-hybridized carbons (Fsp3) is 0.438. The molecule has 7 nitrogen and oxygen atoms in total. The number of hydrogen-bond donors (Lipinski definition) is 1. The number of halogens is 1. The van der Waals surface area contributed by atoms with Crippen LogP contribution < -0.4 is 15.0 Å². The monoisotopic (exact) mass is 349 g/mol. The van der Waals surface area contributed by atoms with Gasteiger partial charge < -0.3 is 15.0 Å². The van der Waals surface area contributed by atoms with Gasteiger partial charge in [-0.2, -0.15) is 5.10 Å². The lowest BCUT2D eigenvalue weighted by molar-refractivity contribution is -0.124. The molecule has 8 heteroatoms. The van der Waals surface area contributed by atoms with E-state index in [1.807, 2.05) is 12.1 Å². The highest BCUT2D eigenvalue weighted by molar-refractivity contribution is 6.30. The molecule has 1 aliphatic heterocycles. The lowest BCUT2D eigenvalue weighted by Crippen LogP contribution is -2.40. The van der Waals surface area contributed by atoms with Gasteiger partial charge in [-0.05, 0) is 31.5 Å². The number of methoxy groups -OCH3 is 1. The van der Waals surface area contributed by atoms with E-state index in [9.17, 15) is 4.79 Å². The van der Waals surface area contributed by atoms with Gasteiger partial charge in [0.05, 0.1) is 12.8 Å². The summed E-state index contributed by atoms with van der Waals surface area (Å²) >= 11 is 6.10. The molecule has 1 saturated heterocycles. The van der Waals surface area contributed by atoms with Gasteiger partial charge in [0.15, 0.2) is 0 Å². The molecular weight excluding hydrogens is 330 g/mol. The number of aromatic nitrogens is 3. The molecule has 1 aromatic carbocycles. The Labute approximate surface area is 145 Å². The fourth-order valence-corrected chi connectivity index (χ4v) is 3.03. The lowest BCUT2D eigenvalue weighted by atomic mass is 10.2. The van der Waals surface area contributed by atoms with Gasteiger partial charge in [0, 0.05) is 24.2 Å². The van der Waals surface area contributed by atoms with Crippen LogP contribution in [0.4, 0.5) is 5.69 Å². The van der Waals surface area contributed by atoms with Gasteiger partial charge in [-0.25, -0.2) is 9.67 Å².